The Balaban J connectivity index is 1.54. The Kier molecular flexibility index (Phi) is 7.31. The van der Waals surface area contributed by atoms with E-state index in [2.05, 4.69) is 10.3 Å². The number of halogens is 1. The molecule has 3 amide bonds. The van der Waals surface area contributed by atoms with E-state index in [1.807, 2.05) is 0 Å². The second-order valence-corrected chi connectivity index (χ2v) is 8.46. The maximum absolute atomic E-state index is 14.1. The molecule has 188 valence electrons. The number of aromatic hydroxyl groups is 1. The van der Waals surface area contributed by atoms with Crippen LogP contribution in [-0.4, -0.2) is 78.1 Å². The van der Waals surface area contributed by atoms with Crippen LogP contribution in [0, 0.1) is 5.82 Å². The molecule has 1 aromatic carbocycles. The first-order chi connectivity index (χ1) is 16.8. The van der Waals surface area contributed by atoms with Crippen molar-refractivity contribution in [2.24, 2.45) is 7.05 Å². The normalized spacial score (nSPS) is 17.9. The highest BCUT2D eigenvalue weighted by Crippen LogP contribution is 2.27. The van der Waals surface area contributed by atoms with E-state index < -0.39 is 23.0 Å². The number of amides is 3. The Hall–Kier alpha value is -3.51. The van der Waals surface area contributed by atoms with E-state index in [9.17, 15) is 23.9 Å². The number of methoxy groups -OCH3 is 1. The predicted molar refractivity (Wildman–Crippen MR) is 123 cm³/mol. The summed E-state index contributed by atoms with van der Waals surface area (Å²) in [6.07, 6.45) is 0.649. The van der Waals surface area contributed by atoms with Crippen molar-refractivity contribution in [2.75, 3.05) is 51.5 Å². The molecule has 2 fully saturated rings. The molecule has 0 radical (unpaired) electrons. The number of urea groups is 1. The molecule has 1 atom stereocenters. The fourth-order valence-electron chi connectivity index (χ4n) is 4.28. The third-order valence-electron chi connectivity index (χ3n) is 6.25. The number of hydrogen-bond donors (Lipinski definition) is 2. The quantitative estimate of drug-likeness (QED) is 0.565. The number of anilines is 1. The van der Waals surface area contributed by atoms with Crippen LogP contribution in [0.4, 0.5) is 14.9 Å². The van der Waals surface area contributed by atoms with Crippen molar-refractivity contribution in [1.29, 1.82) is 0 Å². The number of ether oxygens (including phenoxy) is 2. The molecule has 1 unspecified atom stereocenters. The van der Waals surface area contributed by atoms with Crippen LogP contribution in [0.15, 0.2) is 23.0 Å². The molecule has 0 aliphatic carbocycles. The zero-order valence-corrected chi connectivity index (χ0v) is 19.6. The average molecular weight is 490 g/mol. The maximum atomic E-state index is 14.1. The molecule has 3 heterocycles. The van der Waals surface area contributed by atoms with E-state index >= 15 is 0 Å². The smallest absolute Gasteiger partial charge is 0.324 e. The molecule has 35 heavy (non-hydrogen) atoms. The van der Waals surface area contributed by atoms with Crippen molar-refractivity contribution >= 4 is 17.6 Å². The van der Waals surface area contributed by atoms with Crippen molar-refractivity contribution in [1.82, 2.24) is 19.8 Å². The summed E-state index contributed by atoms with van der Waals surface area (Å²) < 4.78 is 25.7. The second kappa shape index (κ2) is 10.4. The summed E-state index contributed by atoms with van der Waals surface area (Å²) in [7, 11) is 3.03. The van der Waals surface area contributed by atoms with E-state index in [4.69, 9.17) is 9.47 Å². The molecule has 11 nitrogen and oxygen atoms in total. The minimum atomic E-state index is -0.759. The standard InChI is InChI=1S/C23H28FN5O6/c1-27-20(15-5-9-35-13-15)26-18(19(30)22(27)32)21(31)25-12-14-3-4-16(24)11-17(14)29-7-6-28(23(29)33)8-10-34-2/h3-4,11,15,30H,5-10,12-13H2,1-2H3,(H,25,31). The fraction of sp³-hybridized carbons (Fsp3) is 0.478. The lowest BCUT2D eigenvalue weighted by atomic mass is 10.1. The van der Waals surface area contributed by atoms with E-state index in [0.29, 0.717) is 63.0 Å². The van der Waals surface area contributed by atoms with Gasteiger partial charge in [0.1, 0.15) is 11.6 Å². The van der Waals surface area contributed by atoms with E-state index in [-0.39, 0.29) is 24.2 Å². The molecule has 2 saturated heterocycles. The molecule has 2 N–H and O–H groups in total. The first-order valence-electron chi connectivity index (χ1n) is 11.3. The van der Waals surface area contributed by atoms with Crippen molar-refractivity contribution in [2.45, 2.75) is 18.9 Å². The summed E-state index contributed by atoms with van der Waals surface area (Å²) in [6.45, 7) is 2.43. The number of aromatic nitrogens is 2. The first-order valence-corrected chi connectivity index (χ1v) is 11.3. The Morgan fingerprint density at radius 3 is 2.86 bits per heavy atom. The summed E-state index contributed by atoms with van der Waals surface area (Å²) in [5, 5.41) is 12.9. The maximum Gasteiger partial charge on any atom is 0.324 e. The highest BCUT2D eigenvalue weighted by Gasteiger charge is 2.31. The van der Waals surface area contributed by atoms with Gasteiger partial charge in [-0.3, -0.25) is 19.1 Å². The molecular formula is C23H28FN5O6. The van der Waals surface area contributed by atoms with Gasteiger partial charge in [-0.15, -0.1) is 0 Å². The Morgan fingerprint density at radius 2 is 2.14 bits per heavy atom. The summed E-state index contributed by atoms with van der Waals surface area (Å²) in [4.78, 5) is 45.6. The Labute approximate surface area is 201 Å². The lowest BCUT2D eigenvalue weighted by Crippen LogP contribution is -2.35. The topological polar surface area (TPSA) is 126 Å². The predicted octanol–water partition coefficient (Wildman–Crippen LogP) is 0.947. The highest BCUT2D eigenvalue weighted by molar-refractivity contribution is 5.96. The largest absolute Gasteiger partial charge is 0.501 e. The second-order valence-electron chi connectivity index (χ2n) is 8.46. The summed E-state index contributed by atoms with van der Waals surface area (Å²) >= 11 is 0. The van der Waals surface area contributed by atoms with Crippen LogP contribution in [0.5, 0.6) is 5.75 Å². The Bertz CT molecular complexity index is 1180. The first kappa shape index (κ1) is 24.6. The fourth-order valence-corrected chi connectivity index (χ4v) is 4.28. The lowest BCUT2D eigenvalue weighted by Gasteiger charge is -2.21. The van der Waals surface area contributed by atoms with Crippen LogP contribution in [0.2, 0.25) is 0 Å². The molecule has 12 heteroatoms. The van der Waals surface area contributed by atoms with Crippen molar-refractivity contribution in [3.63, 3.8) is 0 Å². The summed E-state index contributed by atoms with van der Waals surface area (Å²) in [6, 6.07) is 3.68. The molecule has 0 saturated carbocycles. The molecule has 1 aromatic heterocycles. The zero-order valence-electron chi connectivity index (χ0n) is 19.6. The number of carbonyl (C=O) groups is 2. The molecule has 0 spiro atoms. The van der Waals surface area contributed by atoms with Crippen LogP contribution in [0.1, 0.15) is 34.2 Å². The molecule has 2 aromatic rings. The number of nitrogens with one attached hydrogen (secondary N) is 1. The van der Waals surface area contributed by atoms with Gasteiger partial charge in [0.25, 0.3) is 11.5 Å². The summed E-state index contributed by atoms with van der Waals surface area (Å²) in [5.41, 5.74) is -0.287. The molecule has 4 rings (SSSR count). The van der Waals surface area contributed by atoms with Gasteiger partial charge >= 0.3 is 6.03 Å². The van der Waals surface area contributed by atoms with Crippen LogP contribution >= 0.6 is 0 Å². The molecule has 2 aliphatic rings. The number of rotatable bonds is 8. The molecule has 2 aliphatic heterocycles. The number of benzene rings is 1. The number of nitrogens with zero attached hydrogens (tertiary/aromatic N) is 4. The van der Waals surface area contributed by atoms with E-state index in [0.717, 1.165) is 0 Å². The van der Waals surface area contributed by atoms with Gasteiger partial charge in [0.2, 0.25) is 5.75 Å². The zero-order chi connectivity index (χ0) is 25.1. The monoisotopic (exact) mass is 489 g/mol. The average Bonchev–Trinajstić information content (AvgIpc) is 3.50. The van der Waals surface area contributed by atoms with Gasteiger partial charge in [-0.1, -0.05) is 6.07 Å². The SMILES string of the molecule is COCCN1CCN(c2cc(F)ccc2CNC(=O)c2nc(C3CCOC3)n(C)c(=O)c2O)C1=O. The van der Waals surface area contributed by atoms with Gasteiger partial charge in [-0.05, 0) is 24.1 Å². The number of hydrogen-bond acceptors (Lipinski definition) is 7. The minimum absolute atomic E-state index is 0.0749. The van der Waals surface area contributed by atoms with Crippen LogP contribution in [-0.2, 0) is 23.1 Å². The van der Waals surface area contributed by atoms with Crippen molar-refractivity contribution in [3.05, 3.63) is 51.5 Å². The van der Waals surface area contributed by atoms with Gasteiger partial charge in [-0.25, -0.2) is 14.2 Å². The Morgan fingerprint density at radius 1 is 1.34 bits per heavy atom. The van der Waals surface area contributed by atoms with Crippen molar-refractivity contribution < 1.29 is 28.6 Å². The van der Waals surface area contributed by atoms with E-state index in [1.165, 1.54) is 34.7 Å². The van der Waals surface area contributed by atoms with Crippen LogP contribution < -0.4 is 15.8 Å². The lowest BCUT2D eigenvalue weighted by molar-refractivity contribution is 0.0941. The van der Waals surface area contributed by atoms with Gasteiger partial charge in [-0.2, -0.15) is 0 Å². The van der Waals surface area contributed by atoms with Gasteiger partial charge in [0.15, 0.2) is 5.69 Å². The van der Waals surface area contributed by atoms with Gasteiger partial charge in [0.05, 0.1) is 18.9 Å². The molecular weight excluding hydrogens is 461 g/mol. The number of carbonyl (C=O) groups excluding carboxylic acids is 2. The third kappa shape index (κ3) is 4.98. The minimum Gasteiger partial charge on any atom is -0.501 e. The van der Waals surface area contributed by atoms with Crippen LogP contribution in [0.25, 0.3) is 0 Å². The summed E-state index contributed by atoms with van der Waals surface area (Å²) in [5.74, 6) is -1.84. The highest BCUT2D eigenvalue weighted by atomic mass is 19.1. The van der Waals surface area contributed by atoms with E-state index in [1.54, 1.807) is 12.0 Å². The van der Waals surface area contributed by atoms with Gasteiger partial charge in [0, 0.05) is 52.9 Å². The third-order valence-corrected chi connectivity index (χ3v) is 6.25. The van der Waals surface area contributed by atoms with Crippen molar-refractivity contribution in [3.8, 4) is 5.75 Å². The van der Waals surface area contributed by atoms with Crippen LogP contribution in [0.3, 0.4) is 0 Å². The van der Waals surface area contributed by atoms with Gasteiger partial charge < -0.3 is 24.8 Å². The molecule has 0 bridgehead atoms.